The molecule has 1 aromatic heterocycles. The first-order chi connectivity index (χ1) is 11.1. The second-order valence-corrected chi connectivity index (χ2v) is 6.06. The van der Waals surface area contributed by atoms with Crippen molar-refractivity contribution in [1.29, 1.82) is 0 Å². The van der Waals surface area contributed by atoms with Crippen LogP contribution in [0.25, 0.3) is 0 Å². The summed E-state index contributed by atoms with van der Waals surface area (Å²) in [6, 6.07) is 11.7. The molecule has 1 N–H and O–H groups in total. The molecule has 5 heteroatoms. The van der Waals surface area contributed by atoms with Gasteiger partial charge in [0.1, 0.15) is 0 Å². The molecule has 124 valence electrons. The molecule has 4 nitrogen and oxygen atoms in total. The highest BCUT2D eigenvalue weighted by Gasteiger charge is 2.15. The molecule has 0 aliphatic rings. The van der Waals surface area contributed by atoms with E-state index in [1.54, 1.807) is 12.4 Å². The Morgan fingerprint density at radius 1 is 1.22 bits per heavy atom. The molecule has 2 unspecified atom stereocenters. The number of aliphatic hydroxyl groups is 1. The predicted molar refractivity (Wildman–Crippen MR) is 92.4 cm³/mol. The van der Waals surface area contributed by atoms with E-state index >= 15 is 0 Å². The molecule has 0 radical (unpaired) electrons. The van der Waals surface area contributed by atoms with Gasteiger partial charge < -0.3 is 9.84 Å². The lowest BCUT2D eigenvalue weighted by Gasteiger charge is -2.27. The van der Waals surface area contributed by atoms with E-state index in [0.29, 0.717) is 18.2 Å². The minimum Gasteiger partial charge on any atom is -0.389 e. The van der Waals surface area contributed by atoms with Gasteiger partial charge in [-0.3, -0.25) is 9.88 Å². The Kier molecular flexibility index (Phi) is 6.99. The van der Waals surface area contributed by atoms with E-state index in [9.17, 15) is 5.11 Å². The van der Waals surface area contributed by atoms with Crippen LogP contribution in [-0.4, -0.2) is 41.3 Å². The summed E-state index contributed by atoms with van der Waals surface area (Å²) in [6.45, 7) is 3.32. The van der Waals surface area contributed by atoms with E-state index in [4.69, 9.17) is 16.3 Å². The molecule has 1 aromatic carbocycles. The van der Waals surface area contributed by atoms with Gasteiger partial charge in [0.05, 0.1) is 19.3 Å². The number of pyridine rings is 1. The molecule has 23 heavy (non-hydrogen) atoms. The fourth-order valence-corrected chi connectivity index (χ4v) is 2.55. The average Bonchev–Trinajstić information content (AvgIpc) is 2.56. The van der Waals surface area contributed by atoms with Crippen molar-refractivity contribution in [2.45, 2.75) is 25.7 Å². The van der Waals surface area contributed by atoms with Crippen LogP contribution in [0.3, 0.4) is 0 Å². The summed E-state index contributed by atoms with van der Waals surface area (Å²) in [7, 11) is 1.99. The molecule has 0 aliphatic heterocycles. The largest absolute Gasteiger partial charge is 0.389 e. The molecule has 0 saturated heterocycles. The summed E-state index contributed by atoms with van der Waals surface area (Å²) in [5.74, 6) is 0. The van der Waals surface area contributed by atoms with Crippen molar-refractivity contribution >= 4 is 11.6 Å². The van der Waals surface area contributed by atoms with Crippen LogP contribution in [0.15, 0.2) is 48.8 Å². The number of rotatable bonds is 8. The van der Waals surface area contributed by atoms with Crippen molar-refractivity contribution < 1.29 is 9.84 Å². The van der Waals surface area contributed by atoms with Crippen molar-refractivity contribution in [3.8, 4) is 0 Å². The van der Waals surface area contributed by atoms with E-state index < -0.39 is 6.10 Å². The van der Waals surface area contributed by atoms with Gasteiger partial charge in [-0.2, -0.15) is 0 Å². The molecule has 1 heterocycles. The van der Waals surface area contributed by atoms with Gasteiger partial charge in [-0.25, -0.2) is 0 Å². The third-order valence-electron chi connectivity index (χ3n) is 3.87. The topological polar surface area (TPSA) is 45.6 Å². The third-order valence-corrected chi connectivity index (χ3v) is 4.24. The Hall–Kier alpha value is -1.46. The SMILES string of the molecule is CC(c1ccncc1)N(C)CC(O)COCc1ccccc1Cl. The highest BCUT2D eigenvalue weighted by atomic mass is 35.5. The Morgan fingerprint density at radius 2 is 1.91 bits per heavy atom. The molecular formula is C18H23ClN2O2. The maximum absolute atomic E-state index is 10.2. The lowest BCUT2D eigenvalue weighted by molar-refractivity contribution is 0.00855. The van der Waals surface area contributed by atoms with Gasteiger partial charge >= 0.3 is 0 Å². The number of nitrogens with zero attached hydrogens (tertiary/aromatic N) is 2. The van der Waals surface area contributed by atoms with Crippen LogP contribution in [0, 0.1) is 0 Å². The van der Waals surface area contributed by atoms with Crippen molar-refractivity contribution in [2.75, 3.05) is 20.2 Å². The molecule has 0 spiro atoms. The van der Waals surface area contributed by atoms with Gasteiger partial charge in [-0.05, 0) is 43.3 Å². The average molecular weight is 335 g/mol. The Balaban J connectivity index is 1.76. The van der Waals surface area contributed by atoms with Crippen molar-refractivity contribution in [3.05, 3.63) is 64.9 Å². The summed E-state index contributed by atoms with van der Waals surface area (Å²) in [6.07, 6.45) is 3.01. The van der Waals surface area contributed by atoms with Crippen LogP contribution in [0.4, 0.5) is 0 Å². The van der Waals surface area contributed by atoms with Crippen LogP contribution in [0.1, 0.15) is 24.1 Å². The van der Waals surface area contributed by atoms with Gasteiger partial charge in [0.2, 0.25) is 0 Å². The van der Waals surface area contributed by atoms with E-state index in [0.717, 1.165) is 5.56 Å². The smallest absolute Gasteiger partial charge is 0.0900 e. The minimum atomic E-state index is -0.549. The number of halogens is 1. The van der Waals surface area contributed by atoms with Crippen LogP contribution < -0.4 is 0 Å². The summed E-state index contributed by atoms with van der Waals surface area (Å²) in [5.41, 5.74) is 2.10. The third kappa shape index (κ3) is 5.59. The van der Waals surface area contributed by atoms with E-state index in [-0.39, 0.29) is 12.6 Å². The number of hydrogen-bond acceptors (Lipinski definition) is 4. The predicted octanol–water partition coefficient (Wildman–Crippen LogP) is 3.31. The zero-order chi connectivity index (χ0) is 16.7. The van der Waals surface area contributed by atoms with Gasteiger partial charge in [0, 0.05) is 30.0 Å². The normalized spacial score (nSPS) is 14.0. The molecule has 0 saturated carbocycles. The first kappa shape index (κ1) is 17.9. The van der Waals surface area contributed by atoms with Gasteiger partial charge in [-0.1, -0.05) is 29.8 Å². The zero-order valence-electron chi connectivity index (χ0n) is 13.5. The second-order valence-electron chi connectivity index (χ2n) is 5.66. The minimum absolute atomic E-state index is 0.205. The molecule has 2 atom stereocenters. The van der Waals surface area contributed by atoms with Crippen LogP contribution in [0.5, 0.6) is 0 Å². The summed E-state index contributed by atoms with van der Waals surface area (Å²) >= 11 is 6.08. The highest BCUT2D eigenvalue weighted by Crippen LogP contribution is 2.18. The maximum atomic E-state index is 10.2. The van der Waals surface area contributed by atoms with E-state index in [2.05, 4.69) is 16.8 Å². The molecule has 0 aliphatic carbocycles. The molecule has 2 aromatic rings. The molecule has 0 fully saturated rings. The Morgan fingerprint density at radius 3 is 2.61 bits per heavy atom. The van der Waals surface area contributed by atoms with Gasteiger partial charge in [-0.15, -0.1) is 0 Å². The van der Waals surface area contributed by atoms with E-state index in [1.807, 2.05) is 43.4 Å². The number of aliphatic hydroxyl groups excluding tert-OH is 1. The lowest BCUT2D eigenvalue weighted by atomic mass is 10.1. The molecule has 0 bridgehead atoms. The number of aromatic nitrogens is 1. The number of ether oxygens (including phenoxy) is 1. The Labute approximate surface area is 142 Å². The van der Waals surface area contributed by atoms with Crippen molar-refractivity contribution in [3.63, 3.8) is 0 Å². The van der Waals surface area contributed by atoms with Crippen LogP contribution in [-0.2, 0) is 11.3 Å². The number of likely N-dealkylation sites (N-methyl/N-ethyl adjacent to an activating group) is 1. The molecule has 2 rings (SSSR count). The molecule has 0 amide bonds. The summed E-state index contributed by atoms with van der Waals surface area (Å²) < 4.78 is 5.58. The molecular weight excluding hydrogens is 312 g/mol. The van der Waals surface area contributed by atoms with Crippen molar-refractivity contribution in [1.82, 2.24) is 9.88 Å². The van der Waals surface area contributed by atoms with Crippen LogP contribution in [0.2, 0.25) is 5.02 Å². The zero-order valence-corrected chi connectivity index (χ0v) is 14.3. The Bertz CT molecular complexity index is 595. The highest BCUT2D eigenvalue weighted by molar-refractivity contribution is 6.31. The standard InChI is InChI=1S/C18H23ClN2O2/c1-14(15-7-9-20-10-8-15)21(2)11-17(22)13-23-12-16-5-3-4-6-18(16)19/h3-10,14,17,22H,11-13H2,1-2H3. The lowest BCUT2D eigenvalue weighted by Crippen LogP contribution is -2.34. The van der Waals surface area contributed by atoms with E-state index in [1.165, 1.54) is 5.56 Å². The summed E-state index contributed by atoms with van der Waals surface area (Å²) in [4.78, 5) is 6.12. The first-order valence-electron chi connectivity index (χ1n) is 7.67. The fraction of sp³-hybridized carbons (Fsp3) is 0.389. The van der Waals surface area contributed by atoms with Gasteiger partial charge in [0.25, 0.3) is 0 Å². The van der Waals surface area contributed by atoms with Crippen LogP contribution >= 0.6 is 11.6 Å². The first-order valence-corrected chi connectivity index (χ1v) is 8.05. The quantitative estimate of drug-likeness (QED) is 0.804. The number of benzene rings is 1. The monoisotopic (exact) mass is 334 g/mol. The van der Waals surface area contributed by atoms with Crippen molar-refractivity contribution in [2.24, 2.45) is 0 Å². The number of hydrogen-bond donors (Lipinski definition) is 1. The summed E-state index contributed by atoms with van der Waals surface area (Å²) in [5, 5.41) is 10.8. The van der Waals surface area contributed by atoms with Gasteiger partial charge in [0.15, 0.2) is 0 Å². The maximum Gasteiger partial charge on any atom is 0.0900 e. The second kappa shape index (κ2) is 8.99. The fourth-order valence-electron chi connectivity index (χ4n) is 2.36.